The number of ether oxygens (including phenoxy) is 1. The Hall–Kier alpha value is -2.31. The summed E-state index contributed by atoms with van der Waals surface area (Å²) in [6.45, 7) is 3.03. The highest BCUT2D eigenvalue weighted by atomic mass is 35.5. The third-order valence-electron chi connectivity index (χ3n) is 4.49. The highest BCUT2D eigenvalue weighted by molar-refractivity contribution is 5.94. The summed E-state index contributed by atoms with van der Waals surface area (Å²) in [6.07, 6.45) is 0. The average molecular weight is 380 g/mol. The van der Waals surface area contributed by atoms with Crippen LogP contribution in [0.3, 0.4) is 0 Å². The zero-order chi connectivity index (χ0) is 17.8. The van der Waals surface area contributed by atoms with Crippen molar-refractivity contribution in [2.45, 2.75) is 6.54 Å². The molecule has 1 amide bonds. The Morgan fingerprint density at radius 1 is 1.12 bits per heavy atom. The van der Waals surface area contributed by atoms with Crippen molar-refractivity contribution in [3.05, 3.63) is 59.4 Å². The lowest BCUT2D eigenvalue weighted by atomic mass is 10.1. The van der Waals surface area contributed by atoms with Gasteiger partial charge < -0.3 is 20.3 Å². The van der Waals surface area contributed by atoms with Crippen LogP contribution < -0.4 is 15.4 Å². The fourth-order valence-electron chi connectivity index (χ4n) is 3.03. The fourth-order valence-corrected chi connectivity index (χ4v) is 3.03. The molecule has 0 aromatic heterocycles. The Morgan fingerprint density at radius 2 is 1.77 bits per heavy atom. The van der Waals surface area contributed by atoms with Gasteiger partial charge in [-0.25, -0.2) is 4.39 Å². The van der Waals surface area contributed by atoms with Crippen molar-refractivity contribution in [1.29, 1.82) is 0 Å². The molecule has 1 aliphatic heterocycles. The third kappa shape index (κ3) is 4.26. The number of halogens is 2. The summed E-state index contributed by atoms with van der Waals surface area (Å²) in [5.74, 6) is 0.210. The maximum Gasteiger partial charge on any atom is 0.253 e. The van der Waals surface area contributed by atoms with Crippen LogP contribution in [0.15, 0.2) is 42.5 Å². The number of methoxy groups -OCH3 is 1. The summed E-state index contributed by atoms with van der Waals surface area (Å²) in [5.41, 5.74) is 8.11. The van der Waals surface area contributed by atoms with Crippen LogP contribution in [0.2, 0.25) is 0 Å². The van der Waals surface area contributed by atoms with Gasteiger partial charge in [0.05, 0.1) is 12.8 Å². The number of piperazine rings is 1. The first-order valence-corrected chi connectivity index (χ1v) is 8.29. The Balaban J connectivity index is 0.00000243. The zero-order valence-electron chi connectivity index (χ0n) is 14.7. The van der Waals surface area contributed by atoms with E-state index in [9.17, 15) is 9.18 Å². The number of carbonyl (C=O) groups excluding carboxylic acids is 1. The largest absolute Gasteiger partial charge is 0.494 e. The first kappa shape index (κ1) is 20.0. The normalized spacial score (nSPS) is 14.0. The smallest absolute Gasteiger partial charge is 0.253 e. The van der Waals surface area contributed by atoms with Crippen LogP contribution in [0, 0.1) is 5.82 Å². The molecule has 1 aliphatic rings. The summed E-state index contributed by atoms with van der Waals surface area (Å²) < 4.78 is 18.6. The molecule has 0 aliphatic carbocycles. The third-order valence-corrected chi connectivity index (χ3v) is 4.49. The van der Waals surface area contributed by atoms with Gasteiger partial charge >= 0.3 is 0 Å². The second-order valence-electron chi connectivity index (χ2n) is 6.00. The number of amides is 1. The molecule has 3 rings (SSSR count). The Bertz CT molecular complexity index is 747. The number of rotatable bonds is 4. The van der Waals surface area contributed by atoms with Crippen LogP contribution in [-0.2, 0) is 6.54 Å². The number of anilines is 1. The van der Waals surface area contributed by atoms with E-state index in [2.05, 4.69) is 4.90 Å². The van der Waals surface area contributed by atoms with E-state index < -0.39 is 0 Å². The van der Waals surface area contributed by atoms with Gasteiger partial charge in [0.1, 0.15) is 11.6 Å². The molecule has 0 unspecified atom stereocenters. The quantitative estimate of drug-likeness (QED) is 0.887. The van der Waals surface area contributed by atoms with Gasteiger partial charge in [0.2, 0.25) is 0 Å². The lowest BCUT2D eigenvalue weighted by Gasteiger charge is -2.36. The number of hydrogen-bond acceptors (Lipinski definition) is 4. The molecule has 26 heavy (non-hydrogen) atoms. The van der Waals surface area contributed by atoms with Crippen molar-refractivity contribution in [2.24, 2.45) is 5.73 Å². The summed E-state index contributed by atoms with van der Waals surface area (Å²) in [4.78, 5) is 16.6. The van der Waals surface area contributed by atoms with E-state index in [-0.39, 0.29) is 24.1 Å². The molecule has 1 heterocycles. The van der Waals surface area contributed by atoms with E-state index in [1.807, 2.05) is 29.2 Å². The van der Waals surface area contributed by atoms with Gasteiger partial charge in [0.15, 0.2) is 0 Å². The molecule has 0 radical (unpaired) electrons. The summed E-state index contributed by atoms with van der Waals surface area (Å²) >= 11 is 0. The number of nitrogens with zero attached hydrogens (tertiary/aromatic N) is 2. The predicted octanol–water partition coefficient (Wildman–Crippen LogP) is 2.68. The Morgan fingerprint density at radius 3 is 2.35 bits per heavy atom. The monoisotopic (exact) mass is 379 g/mol. The topological polar surface area (TPSA) is 58.8 Å². The molecule has 140 valence electrons. The fraction of sp³-hybridized carbons (Fsp3) is 0.316. The molecule has 1 fully saturated rings. The van der Waals surface area contributed by atoms with E-state index in [1.54, 1.807) is 6.07 Å². The second kappa shape index (κ2) is 8.87. The van der Waals surface area contributed by atoms with E-state index >= 15 is 0 Å². The molecular formula is C19H23ClFN3O2. The molecule has 0 bridgehead atoms. The lowest BCUT2D eigenvalue weighted by molar-refractivity contribution is 0.0746. The van der Waals surface area contributed by atoms with Crippen LogP contribution in [-0.4, -0.2) is 44.1 Å². The number of carbonyl (C=O) groups is 1. The molecular weight excluding hydrogens is 357 g/mol. The molecule has 0 spiro atoms. The van der Waals surface area contributed by atoms with Gasteiger partial charge in [-0.3, -0.25) is 4.79 Å². The standard InChI is InChI=1S/C19H22FN3O2.ClH/c1-25-18-12-16(20)6-7-17(18)22-8-10-23(11-9-22)19(24)15-4-2-14(13-21)3-5-15;/h2-7,12H,8-11,13,21H2,1H3;1H. The first-order valence-electron chi connectivity index (χ1n) is 8.29. The first-order chi connectivity index (χ1) is 12.1. The van der Waals surface area contributed by atoms with Gasteiger partial charge in [-0.15, -0.1) is 12.4 Å². The van der Waals surface area contributed by atoms with Crippen LogP contribution >= 0.6 is 12.4 Å². The molecule has 0 saturated carbocycles. The van der Waals surface area contributed by atoms with Crippen molar-refractivity contribution in [2.75, 3.05) is 38.2 Å². The predicted molar refractivity (Wildman–Crippen MR) is 103 cm³/mol. The van der Waals surface area contributed by atoms with Crippen molar-refractivity contribution < 1.29 is 13.9 Å². The summed E-state index contributed by atoms with van der Waals surface area (Å²) in [7, 11) is 1.53. The highest BCUT2D eigenvalue weighted by Crippen LogP contribution is 2.29. The average Bonchev–Trinajstić information content (AvgIpc) is 2.67. The molecule has 0 atom stereocenters. The van der Waals surface area contributed by atoms with Gasteiger partial charge in [-0.1, -0.05) is 12.1 Å². The molecule has 1 saturated heterocycles. The number of hydrogen-bond donors (Lipinski definition) is 1. The van der Waals surface area contributed by atoms with Gasteiger partial charge in [0, 0.05) is 44.4 Å². The van der Waals surface area contributed by atoms with Crippen LogP contribution in [0.25, 0.3) is 0 Å². The molecule has 2 aromatic carbocycles. The number of benzene rings is 2. The minimum Gasteiger partial charge on any atom is -0.494 e. The second-order valence-corrected chi connectivity index (χ2v) is 6.00. The zero-order valence-corrected chi connectivity index (χ0v) is 15.5. The van der Waals surface area contributed by atoms with Crippen LogP contribution in [0.1, 0.15) is 15.9 Å². The van der Waals surface area contributed by atoms with Crippen LogP contribution in [0.4, 0.5) is 10.1 Å². The van der Waals surface area contributed by atoms with E-state index in [1.165, 1.54) is 19.2 Å². The van der Waals surface area contributed by atoms with Gasteiger partial charge in [-0.2, -0.15) is 0 Å². The molecule has 5 nitrogen and oxygen atoms in total. The maximum atomic E-state index is 13.4. The van der Waals surface area contributed by atoms with Crippen molar-refractivity contribution in [3.63, 3.8) is 0 Å². The van der Waals surface area contributed by atoms with E-state index in [0.29, 0.717) is 44.0 Å². The van der Waals surface area contributed by atoms with Gasteiger partial charge in [0.25, 0.3) is 5.91 Å². The maximum absolute atomic E-state index is 13.4. The molecule has 2 N–H and O–H groups in total. The molecule has 2 aromatic rings. The minimum atomic E-state index is -0.324. The summed E-state index contributed by atoms with van der Waals surface area (Å²) in [5, 5.41) is 0. The van der Waals surface area contributed by atoms with Crippen LogP contribution in [0.5, 0.6) is 5.75 Å². The Labute approximate surface area is 158 Å². The van der Waals surface area contributed by atoms with E-state index in [4.69, 9.17) is 10.5 Å². The lowest BCUT2D eigenvalue weighted by Crippen LogP contribution is -2.48. The highest BCUT2D eigenvalue weighted by Gasteiger charge is 2.24. The number of nitrogens with two attached hydrogens (primary N) is 1. The van der Waals surface area contributed by atoms with E-state index in [0.717, 1.165) is 11.3 Å². The SMILES string of the molecule is COc1cc(F)ccc1N1CCN(C(=O)c2ccc(CN)cc2)CC1.Cl. The summed E-state index contributed by atoms with van der Waals surface area (Å²) in [6, 6.07) is 11.9. The Kier molecular flexibility index (Phi) is 6.83. The molecule has 7 heteroatoms. The van der Waals surface area contributed by atoms with Crippen molar-refractivity contribution in [3.8, 4) is 5.75 Å². The van der Waals surface area contributed by atoms with Crippen molar-refractivity contribution >= 4 is 24.0 Å². The van der Waals surface area contributed by atoms with Crippen molar-refractivity contribution in [1.82, 2.24) is 4.90 Å². The van der Waals surface area contributed by atoms with Gasteiger partial charge in [-0.05, 0) is 29.8 Å². The minimum absolute atomic E-state index is 0.